The van der Waals surface area contributed by atoms with E-state index in [2.05, 4.69) is 17.1 Å². The van der Waals surface area contributed by atoms with Crippen LogP contribution < -0.4 is 0 Å². The van der Waals surface area contributed by atoms with Gasteiger partial charge in [-0.1, -0.05) is 30.3 Å². The first-order valence-corrected chi connectivity index (χ1v) is 8.94. The van der Waals surface area contributed by atoms with E-state index >= 15 is 0 Å². The van der Waals surface area contributed by atoms with Crippen molar-refractivity contribution in [3.63, 3.8) is 0 Å². The lowest BCUT2D eigenvalue weighted by Gasteiger charge is -2.24. The average molecular weight is 361 g/mol. The number of carbonyl (C=O) groups excluding carboxylic acids is 1. The summed E-state index contributed by atoms with van der Waals surface area (Å²) in [6.07, 6.45) is 9.92. The smallest absolute Gasteiger partial charge is 0.246 e. The van der Waals surface area contributed by atoms with E-state index in [9.17, 15) is 9.18 Å². The molecule has 27 heavy (non-hydrogen) atoms. The fourth-order valence-corrected chi connectivity index (χ4v) is 3.61. The van der Waals surface area contributed by atoms with Gasteiger partial charge in [-0.15, -0.1) is 0 Å². The third kappa shape index (κ3) is 3.40. The summed E-state index contributed by atoms with van der Waals surface area (Å²) in [4.78, 5) is 18.3. The van der Waals surface area contributed by atoms with Crippen LogP contribution in [-0.2, 0) is 11.2 Å². The second-order valence-corrected chi connectivity index (χ2v) is 6.72. The first kappa shape index (κ1) is 17.2. The molecule has 0 aliphatic heterocycles. The molecule has 0 bridgehead atoms. The maximum Gasteiger partial charge on any atom is 0.246 e. The molecule has 1 aliphatic rings. The number of benzene rings is 2. The summed E-state index contributed by atoms with van der Waals surface area (Å²) < 4.78 is 15.9. The zero-order chi connectivity index (χ0) is 18.8. The highest BCUT2D eigenvalue weighted by molar-refractivity contribution is 5.92. The van der Waals surface area contributed by atoms with E-state index in [4.69, 9.17) is 0 Å². The minimum Gasteiger partial charge on any atom is -0.335 e. The SMILES string of the molecule is CN(C(=O)C=Cc1ccc(-n2ccnc2)c(F)c1)C1CCc2ccccc21. The molecule has 0 N–H and O–H groups in total. The standard InChI is InChI=1S/C22H20FN3O/c1-25(20-10-8-17-4-2-3-5-18(17)20)22(27)11-7-16-6-9-21(19(23)14-16)26-13-12-24-15-26/h2-7,9,11-15,20H,8,10H2,1H3. The first-order chi connectivity index (χ1) is 13.1. The van der Waals surface area contributed by atoms with Gasteiger partial charge in [-0.2, -0.15) is 0 Å². The van der Waals surface area contributed by atoms with Crippen LogP contribution in [0, 0.1) is 5.82 Å². The molecule has 0 radical (unpaired) electrons. The molecular weight excluding hydrogens is 341 g/mol. The number of amides is 1. The van der Waals surface area contributed by atoms with Gasteiger partial charge in [0.05, 0.1) is 18.1 Å². The third-order valence-corrected chi connectivity index (χ3v) is 5.09. The van der Waals surface area contributed by atoms with Gasteiger partial charge in [-0.25, -0.2) is 9.37 Å². The number of rotatable bonds is 4. The van der Waals surface area contributed by atoms with Crippen molar-refractivity contribution in [3.05, 3.63) is 89.8 Å². The summed E-state index contributed by atoms with van der Waals surface area (Å²) in [6, 6.07) is 13.2. The van der Waals surface area contributed by atoms with Crippen molar-refractivity contribution in [1.29, 1.82) is 0 Å². The van der Waals surface area contributed by atoms with Gasteiger partial charge in [0, 0.05) is 25.5 Å². The molecule has 0 spiro atoms. The largest absolute Gasteiger partial charge is 0.335 e. The van der Waals surface area contributed by atoms with E-state index < -0.39 is 0 Å². The number of likely N-dealkylation sites (N-methyl/N-ethyl adjacent to an activating group) is 1. The minimum absolute atomic E-state index is 0.0872. The van der Waals surface area contributed by atoms with Crippen molar-refractivity contribution in [3.8, 4) is 5.69 Å². The first-order valence-electron chi connectivity index (χ1n) is 8.94. The molecule has 0 saturated carbocycles. The fourth-order valence-electron chi connectivity index (χ4n) is 3.61. The summed E-state index contributed by atoms with van der Waals surface area (Å²) >= 11 is 0. The summed E-state index contributed by atoms with van der Waals surface area (Å²) in [5, 5.41) is 0. The lowest BCUT2D eigenvalue weighted by Crippen LogP contribution is -2.28. The van der Waals surface area contributed by atoms with Crippen LogP contribution in [0.3, 0.4) is 0 Å². The van der Waals surface area contributed by atoms with Crippen LogP contribution in [0.15, 0.2) is 67.3 Å². The van der Waals surface area contributed by atoms with Crippen LogP contribution in [0.1, 0.15) is 29.2 Å². The minimum atomic E-state index is -0.360. The molecule has 4 rings (SSSR count). The van der Waals surface area contributed by atoms with Crippen LogP contribution >= 0.6 is 0 Å². The zero-order valence-electron chi connectivity index (χ0n) is 15.0. The highest BCUT2D eigenvalue weighted by Gasteiger charge is 2.27. The highest BCUT2D eigenvalue weighted by Crippen LogP contribution is 2.34. The van der Waals surface area contributed by atoms with Gasteiger partial charge in [0.15, 0.2) is 0 Å². The van der Waals surface area contributed by atoms with Crippen LogP contribution in [0.5, 0.6) is 0 Å². The fraction of sp³-hybridized carbons (Fsp3) is 0.182. The van der Waals surface area contributed by atoms with Crippen molar-refractivity contribution >= 4 is 12.0 Å². The van der Waals surface area contributed by atoms with Crippen LogP contribution in [0.25, 0.3) is 11.8 Å². The average Bonchev–Trinajstić information content (AvgIpc) is 3.35. The Morgan fingerprint density at radius 1 is 1.30 bits per heavy atom. The quantitative estimate of drug-likeness (QED) is 0.654. The monoisotopic (exact) mass is 361 g/mol. The Balaban J connectivity index is 1.48. The number of halogens is 1. The molecule has 1 atom stereocenters. The van der Waals surface area contributed by atoms with Crippen LogP contribution in [-0.4, -0.2) is 27.4 Å². The van der Waals surface area contributed by atoms with Crippen molar-refractivity contribution in [2.75, 3.05) is 7.05 Å². The van der Waals surface area contributed by atoms with E-state index in [0.29, 0.717) is 11.3 Å². The Morgan fingerprint density at radius 3 is 2.93 bits per heavy atom. The number of imidazole rings is 1. The van der Waals surface area contributed by atoms with E-state index in [1.165, 1.54) is 23.3 Å². The maximum atomic E-state index is 14.3. The molecule has 4 nitrogen and oxygen atoms in total. The molecule has 1 unspecified atom stereocenters. The van der Waals surface area contributed by atoms with Gasteiger partial charge >= 0.3 is 0 Å². The van der Waals surface area contributed by atoms with Gasteiger partial charge in [-0.05, 0) is 47.7 Å². The van der Waals surface area contributed by atoms with Crippen LogP contribution in [0.4, 0.5) is 4.39 Å². The third-order valence-electron chi connectivity index (χ3n) is 5.09. The molecule has 3 aromatic rings. The number of aromatic nitrogens is 2. The zero-order valence-corrected chi connectivity index (χ0v) is 15.0. The number of aryl methyl sites for hydroxylation is 1. The predicted molar refractivity (Wildman–Crippen MR) is 103 cm³/mol. The number of hydrogen-bond acceptors (Lipinski definition) is 2. The van der Waals surface area contributed by atoms with Gasteiger partial charge in [-0.3, -0.25) is 4.79 Å². The van der Waals surface area contributed by atoms with Crippen molar-refractivity contribution in [1.82, 2.24) is 14.5 Å². The molecule has 0 saturated heterocycles. The lowest BCUT2D eigenvalue weighted by atomic mass is 10.1. The maximum absolute atomic E-state index is 14.3. The molecular formula is C22H20FN3O. The van der Waals surface area contributed by atoms with E-state index in [1.807, 2.05) is 19.2 Å². The van der Waals surface area contributed by atoms with Gasteiger partial charge in [0.1, 0.15) is 5.82 Å². The Labute approximate surface area is 157 Å². The second-order valence-electron chi connectivity index (χ2n) is 6.72. The Bertz CT molecular complexity index is 995. The number of nitrogens with zero attached hydrogens (tertiary/aromatic N) is 3. The molecule has 1 heterocycles. The predicted octanol–water partition coefficient (Wildman–Crippen LogP) is 4.17. The Morgan fingerprint density at radius 2 is 2.15 bits per heavy atom. The summed E-state index contributed by atoms with van der Waals surface area (Å²) in [5.74, 6) is -0.448. The van der Waals surface area contributed by atoms with Crippen LogP contribution in [0.2, 0.25) is 0 Å². The molecule has 136 valence electrons. The number of hydrogen-bond donors (Lipinski definition) is 0. The van der Waals surface area contributed by atoms with E-state index in [1.54, 1.807) is 46.4 Å². The molecule has 1 aromatic heterocycles. The summed E-state index contributed by atoms with van der Waals surface area (Å²) in [6.45, 7) is 0. The van der Waals surface area contributed by atoms with Gasteiger partial charge in [0.2, 0.25) is 5.91 Å². The molecule has 1 aliphatic carbocycles. The summed E-state index contributed by atoms with van der Waals surface area (Å²) in [5.41, 5.74) is 3.60. The van der Waals surface area contributed by atoms with E-state index in [0.717, 1.165) is 12.8 Å². The van der Waals surface area contributed by atoms with Crippen molar-refractivity contribution in [2.24, 2.45) is 0 Å². The molecule has 1 amide bonds. The van der Waals surface area contributed by atoms with Crippen molar-refractivity contribution < 1.29 is 9.18 Å². The highest BCUT2D eigenvalue weighted by atomic mass is 19.1. The lowest BCUT2D eigenvalue weighted by molar-refractivity contribution is -0.126. The van der Waals surface area contributed by atoms with Gasteiger partial charge in [0.25, 0.3) is 0 Å². The Kier molecular flexibility index (Phi) is 4.59. The normalized spacial score (nSPS) is 15.9. The van der Waals surface area contributed by atoms with E-state index in [-0.39, 0.29) is 17.8 Å². The summed E-state index contributed by atoms with van der Waals surface area (Å²) in [7, 11) is 1.82. The topological polar surface area (TPSA) is 38.1 Å². The Hall–Kier alpha value is -3.21. The number of fused-ring (bicyclic) bond motifs is 1. The molecule has 0 fully saturated rings. The molecule has 2 aromatic carbocycles. The van der Waals surface area contributed by atoms with Crippen molar-refractivity contribution in [2.45, 2.75) is 18.9 Å². The second kappa shape index (κ2) is 7.19. The number of carbonyl (C=O) groups is 1. The van der Waals surface area contributed by atoms with Gasteiger partial charge < -0.3 is 9.47 Å². The molecule has 5 heteroatoms.